The minimum atomic E-state index is 0.0932. The number of amides is 1. The Balaban J connectivity index is 1.71. The van der Waals surface area contributed by atoms with Crippen LogP contribution >= 0.6 is 0 Å². The third-order valence-electron chi connectivity index (χ3n) is 4.47. The van der Waals surface area contributed by atoms with Crippen molar-refractivity contribution in [3.8, 4) is 0 Å². The van der Waals surface area contributed by atoms with Gasteiger partial charge in [0.05, 0.1) is 12.6 Å². The van der Waals surface area contributed by atoms with Crippen LogP contribution in [0.3, 0.4) is 0 Å². The summed E-state index contributed by atoms with van der Waals surface area (Å²) in [7, 11) is 0. The van der Waals surface area contributed by atoms with Crippen molar-refractivity contribution in [2.75, 3.05) is 13.2 Å². The molecule has 1 N–H and O–H groups in total. The molecule has 0 spiro atoms. The van der Waals surface area contributed by atoms with Gasteiger partial charge in [0.1, 0.15) is 0 Å². The summed E-state index contributed by atoms with van der Waals surface area (Å²) >= 11 is 0. The Morgan fingerprint density at radius 2 is 2.25 bits per heavy atom. The largest absolute Gasteiger partial charge is 0.394 e. The predicted molar refractivity (Wildman–Crippen MR) is 60.7 cm³/mol. The quantitative estimate of drug-likeness (QED) is 0.711. The van der Waals surface area contributed by atoms with E-state index in [9.17, 15) is 9.90 Å². The fourth-order valence-electron chi connectivity index (χ4n) is 3.59. The van der Waals surface area contributed by atoms with Crippen molar-refractivity contribution >= 4 is 5.91 Å². The second-order valence-corrected chi connectivity index (χ2v) is 5.40. The fourth-order valence-corrected chi connectivity index (χ4v) is 3.59. The number of allylic oxidation sites excluding steroid dienone is 2. The summed E-state index contributed by atoms with van der Waals surface area (Å²) in [5.74, 6) is 1.64. The minimum Gasteiger partial charge on any atom is -0.394 e. The summed E-state index contributed by atoms with van der Waals surface area (Å²) in [6, 6.07) is 0.0932. The molecule has 1 aliphatic heterocycles. The molecule has 88 valence electrons. The Hall–Kier alpha value is -0.830. The van der Waals surface area contributed by atoms with Gasteiger partial charge in [0.15, 0.2) is 0 Å². The number of hydrogen-bond acceptors (Lipinski definition) is 2. The molecule has 1 saturated heterocycles. The van der Waals surface area contributed by atoms with Crippen LogP contribution in [0.1, 0.15) is 25.7 Å². The molecule has 0 aromatic heterocycles. The maximum absolute atomic E-state index is 12.4. The van der Waals surface area contributed by atoms with Gasteiger partial charge in [0, 0.05) is 12.5 Å². The van der Waals surface area contributed by atoms with E-state index in [0.717, 1.165) is 25.8 Å². The van der Waals surface area contributed by atoms with Crippen molar-refractivity contribution in [3.63, 3.8) is 0 Å². The first-order chi connectivity index (χ1) is 7.79. The molecule has 2 fully saturated rings. The van der Waals surface area contributed by atoms with Gasteiger partial charge in [-0.25, -0.2) is 0 Å². The number of carbonyl (C=O) groups is 1. The highest BCUT2D eigenvalue weighted by atomic mass is 16.3. The zero-order valence-corrected chi connectivity index (χ0v) is 9.51. The molecule has 1 saturated carbocycles. The second kappa shape index (κ2) is 3.88. The maximum Gasteiger partial charge on any atom is 0.226 e. The van der Waals surface area contributed by atoms with Crippen LogP contribution < -0.4 is 0 Å². The van der Waals surface area contributed by atoms with Gasteiger partial charge in [-0.05, 0) is 37.5 Å². The zero-order chi connectivity index (χ0) is 11.1. The number of aliphatic hydroxyl groups excluding tert-OH is 1. The molecule has 1 heterocycles. The standard InChI is InChI=1S/C13H19NO2/c15-8-11-2-1-5-14(11)13(16)12-7-9-3-4-10(12)6-9/h3-4,9-12,15H,1-2,5-8H2/t9?,10?,11-,12?/m0/s1. The molecular weight excluding hydrogens is 202 g/mol. The van der Waals surface area contributed by atoms with Crippen molar-refractivity contribution in [2.24, 2.45) is 17.8 Å². The normalized spacial score (nSPS) is 40.9. The van der Waals surface area contributed by atoms with E-state index < -0.39 is 0 Å². The molecule has 0 radical (unpaired) electrons. The van der Waals surface area contributed by atoms with Crippen LogP contribution in [0.2, 0.25) is 0 Å². The van der Waals surface area contributed by atoms with E-state index in [-0.39, 0.29) is 18.6 Å². The van der Waals surface area contributed by atoms with E-state index in [1.807, 2.05) is 4.90 Å². The van der Waals surface area contributed by atoms with Crippen molar-refractivity contribution in [1.82, 2.24) is 4.90 Å². The second-order valence-electron chi connectivity index (χ2n) is 5.40. The van der Waals surface area contributed by atoms with E-state index >= 15 is 0 Å². The van der Waals surface area contributed by atoms with Crippen molar-refractivity contribution < 1.29 is 9.90 Å². The van der Waals surface area contributed by atoms with Gasteiger partial charge in [-0.1, -0.05) is 12.2 Å². The molecule has 2 bridgehead atoms. The van der Waals surface area contributed by atoms with Gasteiger partial charge in [-0.2, -0.15) is 0 Å². The zero-order valence-electron chi connectivity index (χ0n) is 9.51. The fraction of sp³-hybridized carbons (Fsp3) is 0.769. The molecule has 4 atom stereocenters. The summed E-state index contributed by atoms with van der Waals surface area (Å²) < 4.78 is 0. The summed E-state index contributed by atoms with van der Waals surface area (Å²) in [4.78, 5) is 14.3. The number of fused-ring (bicyclic) bond motifs is 2. The van der Waals surface area contributed by atoms with Crippen LogP contribution in [0.5, 0.6) is 0 Å². The lowest BCUT2D eigenvalue weighted by atomic mass is 9.92. The Labute approximate surface area is 96.1 Å². The van der Waals surface area contributed by atoms with Gasteiger partial charge in [0.2, 0.25) is 5.91 Å². The lowest BCUT2D eigenvalue weighted by Crippen LogP contribution is -2.42. The highest BCUT2D eigenvalue weighted by Gasteiger charge is 2.43. The third kappa shape index (κ3) is 1.49. The number of nitrogens with zero attached hydrogens (tertiary/aromatic N) is 1. The number of rotatable bonds is 2. The van der Waals surface area contributed by atoms with Crippen LogP contribution in [0.4, 0.5) is 0 Å². The van der Waals surface area contributed by atoms with Gasteiger partial charge in [-0.15, -0.1) is 0 Å². The van der Waals surface area contributed by atoms with E-state index in [1.54, 1.807) is 0 Å². The Bertz CT molecular complexity index is 326. The van der Waals surface area contributed by atoms with E-state index in [2.05, 4.69) is 12.2 Å². The van der Waals surface area contributed by atoms with Crippen LogP contribution in [-0.2, 0) is 4.79 Å². The molecule has 0 aromatic rings. The molecule has 1 amide bonds. The molecule has 3 nitrogen and oxygen atoms in total. The summed E-state index contributed by atoms with van der Waals surface area (Å²) in [6.07, 6.45) is 8.72. The number of hydrogen-bond donors (Lipinski definition) is 1. The highest BCUT2D eigenvalue weighted by molar-refractivity contribution is 5.80. The maximum atomic E-state index is 12.4. The molecule has 16 heavy (non-hydrogen) atoms. The van der Waals surface area contributed by atoms with E-state index in [4.69, 9.17) is 0 Å². The van der Waals surface area contributed by atoms with Gasteiger partial charge < -0.3 is 10.0 Å². The highest BCUT2D eigenvalue weighted by Crippen LogP contribution is 2.44. The first-order valence-corrected chi connectivity index (χ1v) is 6.39. The molecular formula is C13H19NO2. The molecule has 0 aromatic carbocycles. The van der Waals surface area contributed by atoms with Crippen LogP contribution in [-0.4, -0.2) is 35.1 Å². The average molecular weight is 221 g/mol. The average Bonchev–Trinajstić information content (AvgIpc) is 3.02. The molecule has 3 unspecified atom stereocenters. The van der Waals surface area contributed by atoms with Gasteiger partial charge in [-0.3, -0.25) is 4.79 Å². The Morgan fingerprint density at radius 3 is 2.88 bits per heavy atom. The van der Waals surface area contributed by atoms with Crippen LogP contribution in [0.25, 0.3) is 0 Å². The van der Waals surface area contributed by atoms with E-state index in [0.29, 0.717) is 17.7 Å². The molecule has 3 heteroatoms. The smallest absolute Gasteiger partial charge is 0.226 e. The lowest BCUT2D eigenvalue weighted by molar-refractivity contribution is -0.137. The lowest BCUT2D eigenvalue weighted by Gasteiger charge is -2.28. The first kappa shape index (κ1) is 10.3. The SMILES string of the molecule is O=C(C1CC2C=CC1C2)N1CCC[C@H]1CO. The first-order valence-electron chi connectivity index (χ1n) is 6.39. The van der Waals surface area contributed by atoms with Crippen molar-refractivity contribution in [1.29, 1.82) is 0 Å². The summed E-state index contributed by atoms with van der Waals surface area (Å²) in [5, 5.41) is 9.25. The third-order valence-corrected chi connectivity index (χ3v) is 4.47. The number of aliphatic hydroxyl groups is 1. The van der Waals surface area contributed by atoms with Gasteiger partial charge in [0.25, 0.3) is 0 Å². The monoisotopic (exact) mass is 221 g/mol. The molecule has 2 aliphatic carbocycles. The molecule has 3 rings (SSSR count). The number of carbonyl (C=O) groups excluding carboxylic acids is 1. The topological polar surface area (TPSA) is 40.5 Å². The van der Waals surface area contributed by atoms with Gasteiger partial charge >= 0.3 is 0 Å². The Kier molecular flexibility index (Phi) is 2.51. The van der Waals surface area contributed by atoms with E-state index in [1.165, 1.54) is 6.42 Å². The Morgan fingerprint density at radius 1 is 1.38 bits per heavy atom. The predicted octanol–water partition coefficient (Wildman–Crippen LogP) is 1.18. The van der Waals surface area contributed by atoms with Crippen molar-refractivity contribution in [2.45, 2.75) is 31.7 Å². The number of likely N-dealkylation sites (tertiary alicyclic amines) is 1. The minimum absolute atomic E-state index is 0.0932. The molecule has 3 aliphatic rings. The summed E-state index contributed by atoms with van der Waals surface area (Å²) in [6.45, 7) is 0.976. The van der Waals surface area contributed by atoms with Crippen molar-refractivity contribution in [3.05, 3.63) is 12.2 Å². The van der Waals surface area contributed by atoms with Crippen LogP contribution in [0.15, 0.2) is 12.2 Å². The van der Waals surface area contributed by atoms with Crippen LogP contribution in [0, 0.1) is 17.8 Å². The summed E-state index contributed by atoms with van der Waals surface area (Å²) in [5.41, 5.74) is 0.